The van der Waals surface area contributed by atoms with Gasteiger partial charge in [-0.3, -0.25) is 9.59 Å². The van der Waals surface area contributed by atoms with Gasteiger partial charge in [0.05, 0.1) is 11.9 Å². The first kappa shape index (κ1) is 13.1. The minimum Gasteiger partial charge on any atom is -0.464 e. The molecule has 0 aromatic rings. The van der Waals surface area contributed by atoms with E-state index < -0.39 is 23.7 Å². The van der Waals surface area contributed by atoms with Gasteiger partial charge >= 0.3 is 5.97 Å². The fourth-order valence-corrected chi connectivity index (χ4v) is 0.914. The zero-order chi connectivity index (χ0) is 11.1. The van der Waals surface area contributed by atoms with Crippen molar-refractivity contribution in [2.45, 2.75) is 19.9 Å². The van der Waals surface area contributed by atoms with Gasteiger partial charge in [-0.1, -0.05) is 15.9 Å². The van der Waals surface area contributed by atoms with Gasteiger partial charge in [-0.05, 0) is 13.8 Å². The number of Topliss-reactive ketones (excluding diaryl/α,β-unsaturated/α-hetero) is 1. The predicted octanol–water partition coefficient (Wildman–Crippen LogP) is 0.0182. The number of alkyl halides is 1. The third-order valence-corrected chi connectivity index (χ3v) is 1.86. The van der Waals surface area contributed by atoms with Crippen molar-refractivity contribution in [3.8, 4) is 0 Å². The van der Waals surface area contributed by atoms with E-state index in [-0.39, 0.29) is 11.9 Å². The van der Waals surface area contributed by atoms with Crippen molar-refractivity contribution < 1.29 is 19.1 Å². The molecule has 5 nitrogen and oxygen atoms in total. The average molecular weight is 266 g/mol. The van der Waals surface area contributed by atoms with Crippen LogP contribution in [0.4, 0.5) is 0 Å². The standard InChI is InChI=1S/C8H12BrNO4/c1-3-14-8(13)7(5(2)11)10-6(12)4-9/h7H,3-4H2,1-2H3,(H,10,12). The van der Waals surface area contributed by atoms with Crippen LogP contribution in [-0.2, 0) is 19.1 Å². The number of hydrogen-bond donors (Lipinski definition) is 1. The molecule has 1 N–H and O–H groups in total. The molecule has 0 aromatic carbocycles. The van der Waals surface area contributed by atoms with Gasteiger partial charge in [-0.25, -0.2) is 4.79 Å². The number of ketones is 1. The molecule has 0 saturated carbocycles. The van der Waals surface area contributed by atoms with Crippen LogP contribution in [0.1, 0.15) is 13.8 Å². The van der Waals surface area contributed by atoms with Crippen molar-refractivity contribution in [2.75, 3.05) is 11.9 Å². The second kappa shape index (κ2) is 6.53. The lowest BCUT2D eigenvalue weighted by molar-refractivity contribution is -0.150. The molecule has 0 rings (SSSR count). The van der Waals surface area contributed by atoms with Gasteiger partial charge in [0.15, 0.2) is 11.8 Å². The Kier molecular flexibility index (Phi) is 6.11. The molecule has 0 aliphatic heterocycles. The number of hydrogen-bond acceptors (Lipinski definition) is 4. The van der Waals surface area contributed by atoms with Crippen LogP contribution in [0.2, 0.25) is 0 Å². The van der Waals surface area contributed by atoms with Gasteiger partial charge < -0.3 is 10.1 Å². The molecule has 1 amide bonds. The summed E-state index contributed by atoms with van der Waals surface area (Å²) in [7, 11) is 0. The maximum absolute atomic E-state index is 11.2. The minimum absolute atomic E-state index is 0.0379. The summed E-state index contributed by atoms with van der Waals surface area (Å²) in [5.74, 6) is -1.61. The normalized spacial score (nSPS) is 11.6. The van der Waals surface area contributed by atoms with Crippen LogP contribution in [0.15, 0.2) is 0 Å². The summed E-state index contributed by atoms with van der Waals surface area (Å²) in [6.07, 6.45) is 0. The quantitative estimate of drug-likeness (QED) is 0.432. The Labute approximate surface area is 90.3 Å². The Hall–Kier alpha value is -0.910. The molecule has 0 radical (unpaired) electrons. The van der Waals surface area contributed by atoms with Crippen molar-refractivity contribution in [2.24, 2.45) is 0 Å². The summed E-state index contributed by atoms with van der Waals surface area (Å²) in [6, 6.07) is -1.19. The molecule has 0 bridgehead atoms. The van der Waals surface area contributed by atoms with Gasteiger partial charge in [0.25, 0.3) is 0 Å². The molecule has 80 valence electrons. The van der Waals surface area contributed by atoms with E-state index in [0.717, 1.165) is 0 Å². The molecular formula is C8H12BrNO4. The van der Waals surface area contributed by atoms with Crippen LogP contribution in [-0.4, -0.2) is 35.6 Å². The zero-order valence-electron chi connectivity index (χ0n) is 8.00. The van der Waals surface area contributed by atoms with Crippen molar-refractivity contribution >= 4 is 33.6 Å². The Balaban J connectivity index is 4.36. The Bertz CT molecular complexity index is 241. The van der Waals surface area contributed by atoms with E-state index in [4.69, 9.17) is 0 Å². The van der Waals surface area contributed by atoms with Gasteiger partial charge in [0.1, 0.15) is 0 Å². The SMILES string of the molecule is CCOC(=O)C(NC(=O)CBr)C(C)=O. The summed E-state index contributed by atoms with van der Waals surface area (Å²) in [5.41, 5.74) is 0. The highest BCUT2D eigenvalue weighted by Gasteiger charge is 2.25. The Morgan fingerprint density at radius 1 is 1.43 bits per heavy atom. The molecule has 0 spiro atoms. The second-order valence-corrected chi connectivity index (χ2v) is 3.06. The highest BCUT2D eigenvalue weighted by molar-refractivity contribution is 9.09. The zero-order valence-corrected chi connectivity index (χ0v) is 9.59. The van der Waals surface area contributed by atoms with Crippen molar-refractivity contribution in [1.29, 1.82) is 0 Å². The molecular weight excluding hydrogens is 254 g/mol. The Morgan fingerprint density at radius 2 is 2.00 bits per heavy atom. The van der Waals surface area contributed by atoms with Crippen LogP contribution in [0, 0.1) is 0 Å². The topological polar surface area (TPSA) is 72.5 Å². The van der Waals surface area contributed by atoms with E-state index in [1.807, 2.05) is 0 Å². The molecule has 1 atom stereocenters. The molecule has 14 heavy (non-hydrogen) atoms. The molecule has 0 saturated heterocycles. The second-order valence-electron chi connectivity index (χ2n) is 2.50. The lowest BCUT2D eigenvalue weighted by atomic mass is 10.2. The van der Waals surface area contributed by atoms with Crippen LogP contribution in [0.3, 0.4) is 0 Å². The Morgan fingerprint density at radius 3 is 2.36 bits per heavy atom. The monoisotopic (exact) mass is 265 g/mol. The van der Waals surface area contributed by atoms with Crippen molar-refractivity contribution in [1.82, 2.24) is 5.32 Å². The highest BCUT2D eigenvalue weighted by atomic mass is 79.9. The summed E-state index contributed by atoms with van der Waals surface area (Å²) >= 11 is 2.91. The number of amides is 1. The molecule has 1 unspecified atom stereocenters. The number of rotatable bonds is 5. The fraction of sp³-hybridized carbons (Fsp3) is 0.625. The van der Waals surface area contributed by atoms with E-state index in [1.54, 1.807) is 6.92 Å². The number of nitrogens with one attached hydrogen (secondary N) is 1. The summed E-state index contributed by atoms with van der Waals surface area (Å²) in [6.45, 7) is 3.02. The molecule has 0 fully saturated rings. The van der Waals surface area contributed by atoms with Gasteiger partial charge in [-0.15, -0.1) is 0 Å². The third-order valence-electron chi connectivity index (χ3n) is 1.36. The predicted molar refractivity (Wildman–Crippen MR) is 53.0 cm³/mol. The highest BCUT2D eigenvalue weighted by Crippen LogP contribution is 1.93. The van der Waals surface area contributed by atoms with E-state index in [9.17, 15) is 14.4 Å². The van der Waals surface area contributed by atoms with Crippen LogP contribution in [0.5, 0.6) is 0 Å². The smallest absolute Gasteiger partial charge is 0.336 e. The van der Waals surface area contributed by atoms with Crippen molar-refractivity contribution in [3.05, 3.63) is 0 Å². The van der Waals surface area contributed by atoms with Gasteiger partial charge in [0, 0.05) is 0 Å². The van der Waals surface area contributed by atoms with Crippen LogP contribution >= 0.6 is 15.9 Å². The van der Waals surface area contributed by atoms with E-state index >= 15 is 0 Å². The summed E-state index contributed by atoms with van der Waals surface area (Å²) in [5, 5.41) is 2.28. The maximum Gasteiger partial charge on any atom is 0.336 e. The van der Waals surface area contributed by atoms with Crippen molar-refractivity contribution in [3.63, 3.8) is 0 Å². The lowest BCUT2D eigenvalue weighted by Crippen LogP contribution is -2.46. The average Bonchev–Trinajstić information content (AvgIpc) is 2.13. The summed E-state index contributed by atoms with van der Waals surface area (Å²) in [4.78, 5) is 33.1. The fourth-order valence-electron chi connectivity index (χ4n) is 0.752. The van der Waals surface area contributed by atoms with E-state index in [0.29, 0.717) is 0 Å². The number of halogens is 1. The van der Waals surface area contributed by atoms with E-state index in [1.165, 1.54) is 6.92 Å². The third kappa shape index (κ3) is 4.36. The van der Waals surface area contributed by atoms with Gasteiger partial charge in [0.2, 0.25) is 5.91 Å². The lowest BCUT2D eigenvalue weighted by Gasteiger charge is -2.13. The first-order valence-electron chi connectivity index (χ1n) is 4.05. The number of carbonyl (C=O) groups excluding carboxylic acids is 3. The summed E-state index contributed by atoms with van der Waals surface area (Å²) < 4.78 is 4.62. The first-order valence-corrected chi connectivity index (χ1v) is 5.17. The number of ether oxygens (including phenoxy) is 1. The van der Waals surface area contributed by atoms with Crippen LogP contribution < -0.4 is 5.32 Å². The number of esters is 1. The largest absolute Gasteiger partial charge is 0.464 e. The van der Waals surface area contributed by atoms with Gasteiger partial charge in [-0.2, -0.15) is 0 Å². The molecule has 0 aliphatic rings. The number of carbonyl (C=O) groups is 3. The minimum atomic E-state index is -1.19. The van der Waals surface area contributed by atoms with Crippen LogP contribution in [0.25, 0.3) is 0 Å². The molecule has 0 aromatic heterocycles. The molecule has 6 heteroatoms. The molecule has 0 heterocycles. The molecule has 0 aliphatic carbocycles. The maximum atomic E-state index is 11.2. The first-order chi connectivity index (χ1) is 6.52. The van der Waals surface area contributed by atoms with E-state index in [2.05, 4.69) is 26.0 Å².